The van der Waals surface area contributed by atoms with Crippen LogP contribution in [0.15, 0.2) is 42.7 Å². The van der Waals surface area contributed by atoms with Crippen molar-refractivity contribution in [2.75, 3.05) is 0 Å². The highest BCUT2D eigenvalue weighted by Gasteiger charge is 2.08. The van der Waals surface area contributed by atoms with Gasteiger partial charge in [-0.15, -0.1) is 0 Å². The molecule has 0 bridgehead atoms. The van der Waals surface area contributed by atoms with Gasteiger partial charge in [0.15, 0.2) is 5.75 Å². The first-order valence-corrected chi connectivity index (χ1v) is 6.59. The van der Waals surface area contributed by atoms with Crippen LogP contribution in [0.3, 0.4) is 0 Å². The van der Waals surface area contributed by atoms with Gasteiger partial charge in [0.25, 0.3) is 0 Å². The highest BCUT2D eigenvalue weighted by atomic mass is 16.5. The molecule has 0 atom stereocenters. The summed E-state index contributed by atoms with van der Waals surface area (Å²) in [4.78, 5) is 4.49. The number of aromatic nitrogens is 3. The Kier molecular flexibility index (Phi) is 3.35. The summed E-state index contributed by atoms with van der Waals surface area (Å²) in [7, 11) is 0. The zero-order chi connectivity index (χ0) is 13.9. The lowest BCUT2D eigenvalue weighted by Crippen LogP contribution is -2.00. The van der Waals surface area contributed by atoms with Crippen LogP contribution in [-0.4, -0.2) is 14.8 Å². The Morgan fingerprint density at radius 1 is 1.30 bits per heavy atom. The SMILES string of the molecule is CCn1cc(Oc2cc(CN)nc3ccccc23)cn1. The average molecular weight is 268 g/mol. The Hall–Kier alpha value is -2.40. The van der Waals surface area contributed by atoms with E-state index in [0.29, 0.717) is 12.3 Å². The second kappa shape index (κ2) is 5.30. The molecule has 3 rings (SSSR count). The van der Waals surface area contributed by atoms with Crippen molar-refractivity contribution in [2.45, 2.75) is 20.0 Å². The van der Waals surface area contributed by atoms with Crippen molar-refractivity contribution in [3.63, 3.8) is 0 Å². The number of aryl methyl sites for hydroxylation is 1. The van der Waals surface area contributed by atoms with Crippen LogP contribution in [0.1, 0.15) is 12.6 Å². The number of nitrogens with two attached hydrogens (primary N) is 1. The molecule has 20 heavy (non-hydrogen) atoms. The minimum absolute atomic E-state index is 0.384. The lowest BCUT2D eigenvalue weighted by molar-refractivity contribution is 0.485. The van der Waals surface area contributed by atoms with E-state index >= 15 is 0 Å². The summed E-state index contributed by atoms with van der Waals surface area (Å²) in [6, 6.07) is 9.74. The van der Waals surface area contributed by atoms with E-state index in [9.17, 15) is 0 Å². The maximum Gasteiger partial charge on any atom is 0.165 e. The van der Waals surface area contributed by atoms with Crippen LogP contribution in [0, 0.1) is 0 Å². The molecule has 0 amide bonds. The molecule has 5 nitrogen and oxygen atoms in total. The van der Waals surface area contributed by atoms with Crippen molar-refractivity contribution < 1.29 is 4.74 Å². The van der Waals surface area contributed by atoms with Gasteiger partial charge in [0.1, 0.15) is 5.75 Å². The van der Waals surface area contributed by atoms with Gasteiger partial charge >= 0.3 is 0 Å². The molecule has 0 saturated heterocycles. The molecule has 2 heterocycles. The number of rotatable bonds is 4. The molecule has 102 valence electrons. The van der Waals surface area contributed by atoms with Crippen molar-refractivity contribution in [2.24, 2.45) is 5.73 Å². The molecule has 2 aromatic heterocycles. The summed E-state index contributed by atoms with van der Waals surface area (Å²) >= 11 is 0. The summed E-state index contributed by atoms with van der Waals surface area (Å²) in [5.41, 5.74) is 7.38. The van der Waals surface area contributed by atoms with E-state index < -0.39 is 0 Å². The molecule has 0 unspecified atom stereocenters. The Morgan fingerprint density at radius 3 is 2.90 bits per heavy atom. The molecular weight excluding hydrogens is 252 g/mol. The monoisotopic (exact) mass is 268 g/mol. The standard InChI is InChI=1S/C15H16N4O/c1-2-19-10-12(9-17-19)20-15-7-11(8-16)18-14-6-4-3-5-13(14)15/h3-7,9-10H,2,8,16H2,1H3. The Bertz CT molecular complexity index is 736. The zero-order valence-electron chi connectivity index (χ0n) is 11.3. The largest absolute Gasteiger partial charge is 0.453 e. The number of hydrogen-bond acceptors (Lipinski definition) is 4. The van der Waals surface area contributed by atoms with Crippen LogP contribution in [0.2, 0.25) is 0 Å². The van der Waals surface area contributed by atoms with E-state index in [4.69, 9.17) is 10.5 Å². The molecule has 5 heteroatoms. The second-order valence-electron chi connectivity index (χ2n) is 4.47. The summed E-state index contributed by atoms with van der Waals surface area (Å²) in [5.74, 6) is 1.47. The Labute approximate surface area is 117 Å². The van der Waals surface area contributed by atoms with Crippen LogP contribution >= 0.6 is 0 Å². The fourth-order valence-electron chi connectivity index (χ4n) is 2.08. The minimum atomic E-state index is 0.384. The molecule has 0 spiro atoms. The second-order valence-corrected chi connectivity index (χ2v) is 4.47. The maximum atomic E-state index is 5.94. The lowest BCUT2D eigenvalue weighted by atomic mass is 10.2. The van der Waals surface area contributed by atoms with E-state index in [-0.39, 0.29) is 0 Å². The van der Waals surface area contributed by atoms with Gasteiger partial charge in [-0.2, -0.15) is 5.10 Å². The van der Waals surface area contributed by atoms with E-state index in [1.54, 1.807) is 6.20 Å². The lowest BCUT2D eigenvalue weighted by Gasteiger charge is -2.09. The number of ether oxygens (including phenoxy) is 1. The van der Waals surface area contributed by atoms with Crippen LogP contribution in [0.4, 0.5) is 0 Å². The van der Waals surface area contributed by atoms with Gasteiger partial charge in [-0.3, -0.25) is 9.67 Å². The van der Waals surface area contributed by atoms with Crippen LogP contribution < -0.4 is 10.5 Å². The molecule has 0 aliphatic carbocycles. The summed E-state index contributed by atoms with van der Waals surface area (Å²) in [6.45, 7) is 3.23. The molecule has 0 saturated carbocycles. The topological polar surface area (TPSA) is 66.0 Å². The Morgan fingerprint density at radius 2 is 2.15 bits per heavy atom. The van der Waals surface area contributed by atoms with Crippen molar-refractivity contribution in [3.8, 4) is 11.5 Å². The smallest absolute Gasteiger partial charge is 0.165 e. The molecule has 0 radical (unpaired) electrons. The summed E-state index contributed by atoms with van der Waals surface area (Å²) in [5, 5.41) is 5.17. The number of para-hydroxylation sites is 1. The first-order chi connectivity index (χ1) is 9.80. The van der Waals surface area contributed by atoms with Crippen molar-refractivity contribution in [1.82, 2.24) is 14.8 Å². The number of pyridine rings is 1. The first-order valence-electron chi connectivity index (χ1n) is 6.59. The summed E-state index contributed by atoms with van der Waals surface area (Å²) < 4.78 is 7.76. The van der Waals surface area contributed by atoms with Gasteiger partial charge in [-0.25, -0.2) is 0 Å². The molecule has 2 N–H and O–H groups in total. The highest BCUT2D eigenvalue weighted by molar-refractivity contribution is 5.85. The van der Waals surface area contributed by atoms with E-state index in [1.807, 2.05) is 48.1 Å². The molecule has 0 fully saturated rings. The maximum absolute atomic E-state index is 5.94. The predicted molar refractivity (Wildman–Crippen MR) is 77.6 cm³/mol. The fraction of sp³-hybridized carbons (Fsp3) is 0.200. The van der Waals surface area contributed by atoms with Crippen LogP contribution in [-0.2, 0) is 13.1 Å². The molecule has 0 aliphatic heterocycles. The summed E-state index contributed by atoms with van der Waals surface area (Å²) in [6.07, 6.45) is 3.58. The normalized spacial score (nSPS) is 10.9. The number of nitrogens with zero attached hydrogens (tertiary/aromatic N) is 3. The van der Waals surface area contributed by atoms with Crippen molar-refractivity contribution in [1.29, 1.82) is 0 Å². The highest BCUT2D eigenvalue weighted by Crippen LogP contribution is 2.29. The minimum Gasteiger partial charge on any atom is -0.453 e. The van der Waals surface area contributed by atoms with E-state index in [0.717, 1.165) is 28.9 Å². The van der Waals surface area contributed by atoms with Gasteiger partial charge in [-0.05, 0) is 19.1 Å². The number of benzene rings is 1. The quantitative estimate of drug-likeness (QED) is 0.790. The van der Waals surface area contributed by atoms with Gasteiger partial charge in [0, 0.05) is 24.5 Å². The third kappa shape index (κ3) is 2.35. The molecule has 1 aromatic carbocycles. The third-order valence-corrected chi connectivity index (χ3v) is 3.10. The first kappa shape index (κ1) is 12.6. The van der Waals surface area contributed by atoms with E-state index in [1.165, 1.54) is 0 Å². The molecular formula is C15H16N4O. The van der Waals surface area contributed by atoms with Crippen molar-refractivity contribution in [3.05, 3.63) is 48.4 Å². The van der Waals surface area contributed by atoms with Gasteiger partial charge in [0.2, 0.25) is 0 Å². The molecule has 0 aliphatic rings. The predicted octanol–water partition coefficient (Wildman–Crippen LogP) is 2.70. The van der Waals surface area contributed by atoms with E-state index in [2.05, 4.69) is 10.1 Å². The van der Waals surface area contributed by atoms with Crippen LogP contribution in [0.25, 0.3) is 10.9 Å². The van der Waals surface area contributed by atoms with Gasteiger partial charge in [0.05, 0.1) is 23.6 Å². The van der Waals surface area contributed by atoms with Crippen molar-refractivity contribution >= 4 is 10.9 Å². The number of hydrogen-bond donors (Lipinski definition) is 1. The van der Waals surface area contributed by atoms with Gasteiger partial charge in [-0.1, -0.05) is 12.1 Å². The Balaban J connectivity index is 2.04. The zero-order valence-corrected chi connectivity index (χ0v) is 11.3. The van der Waals surface area contributed by atoms with Crippen LogP contribution in [0.5, 0.6) is 11.5 Å². The van der Waals surface area contributed by atoms with Gasteiger partial charge < -0.3 is 10.5 Å². The average Bonchev–Trinajstić information content (AvgIpc) is 2.94. The third-order valence-electron chi connectivity index (χ3n) is 3.10. The fourth-order valence-corrected chi connectivity index (χ4v) is 2.08. The number of fused-ring (bicyclic) bond motifs is 1. The molecule has 3 aromatic rings.